The van der Waals surface area contributed by atoms with Gasteiger partial charge in [0.05, 0.1) is 12.0 Å². The van der Waals surface area contributed by atoms with Gasteiger partial charge >= 0.3 is 6.18 Å². The molecule has 0 aromatic carbocycles. The first-order chi connectivity index (χ1) is 6.64. The molecule has 2 nitrogen and oxygen atoms in total. The molecule has 0 heterocycles. The Hall–Kier alpha value is -0.430. The standard InChI is InChI=1S/C8H9F5O2/c9-7(10)4-2-1-3(5(4)14)6(7,15)8(11,12)13/h3-5,14-15H,1-2H2. The lowest BCUT2D eigenvalue weighted by molar-refractivity contribution is -0.346. The predicted octanol–water partition coefficient (Wildman–Crippen LogP) is 1.32. The summed E-state index contributed by atoms with van der Waals surface area (Å²) in [5, 5.41) is 18.4. The lowest BCUT2D eigenvalue weighted by atomic mass is 9.80. The van der Waals surface area contributed by atoms with Crippen molar-refractivity contribution in [1.29, 1.82) is 0 Å². The van der Waals surface area contributed by atoms with Gasteiger partial charge in [-0.05, 0) is 12.8 Å². The minimum absolute atomic E-state index is 0.183. The van der Waals surface area contributed by atoms with Crippen LogP contribution in [0, 0.1) is 11.8 Å². The first kappa shape index (κ1) is 11.1. The topological polar surface area (TPSA) is 40.5 Å². The molecular formula is C8H9F5O2. The van der Waals surface area contributed by atoms with Crippen molar-refractivity contribution in [1.82, 2.24) is 0 Å². The molecular weight excluding hydrogens is 223 g/mol. The van der Waals surface area contributed by atoms with Gasteiger partial charge in [0.2, 0.25) is 5.60 Å². The smallest absolute Gasteiger partial charge is 0.392 e. The van der Waals surface area contributed by atoms with Crippen molar-refractivity contribution in [2.45, 2.75) is 36.6 Å². The van der Waals surface area contributed by atoms with E-state index < -0.39 is 35.6 Å². The van der Waals surface area contributed by atoms with Crippen LogP contribution >= 0.6 is 0 Å². The number of hydrogen-bond acceptors (Lipinski definition) is 2. The second kappa shape index (κ2) is 2.63. The molecule has 2 N–H and O–H groups in total. The molecule has 2 rings (SSSR count). The van der Waals surface area contributed by atoms with Gasteiger partial charge in [-0.1, -0.05) is 0 Å². The normalized spacial score (nSPS) is 48.6. The number of fused-ring (bicyclic) bond motifs is 2. The molecule has 2 aliphatic rings. The molecule has 0 spiro atoms. The molecule has 2 fully saturated rings. The number of rotatable bonds is 0. The SMILES string of the molecule is OC1C2CCC1C(O)(C(F)(F)F)C2(F)F. The monoisotopic (exact) mass is 232 g/mol. The Kier molecular flexibility index (Phi) is 1.94. The van der Waals surface area contributed by atoms with E-state index in [9.17, 15) is 32.2 Å². The van der Waals surface area contributed by atoms with Crippen molar-refractivity contribution in [3.8, 4) is 0 Å². The highest BCUT2D eigenvalue weighted by molar-refractivity contribution is 5.19. The molecule has 0 aromatic rings. The van der Waals surface area contributed by atoms with E-state index in [1.165, 1.54) is 0 Å². The van der Waals surface area contributed by atoms with Gasteiger partial charge < -0.3 is 10.2 Å². The molecule has 4 atom stereocenters. The molecule has 0 amide bonds. The van der Waals surface area contributed by atoms with Crippen molar-refractivity contribution >= 4 is 0 Å². The highest BCUT2D eigenvalue weighted by atomic mass is 19.4. The van der Waals surface area contributed by atoms with Gasteiger partial charge in [0.15, 0.2) is 0 Å². The minimum Gasteiger partial charge on any atom is -0.392 e. The van der Waals surface area contributed by atoms with Crippen LogP contribution < -0.4 is 0 Å². The average molecular weight is 232 g/mol. The van der Waals surface area contributed by atoms with Crippen LogP contribution in [0.2, 0.25) is 0 Å². The molecule has 88 valence electrons. The van der Waals surface area contributed by atoms with Crippen LogP contribution in [-0.2, 0) is 0 Å². The zero-order chi connectivity index (χ0) is 11.6. The van der Waals surface area contributed by atoms with Crippen LogP contribution in [0.4, 0.5) is 22.0 Å². The van der Waals surface area contributed by atoms with Crippen molar-refractivity contribution < 1.29 is 32.2 Å². The summed E-state index contributed by atoms with van der Waals surface area (Å²) in [7, 11) is 0. The van der Waals surface area contributed by atoms with Gasteiger partial charge in [-0.2, -0.15) is 13.2 Å². The number of aliphatic hydroxyl groups excluding tert-OH is 1. The van der Waals surface area contributed by atoms with Crippen molar-refractivity contribution in [3.63, 3.8) is 0 Å². The molecule has 0 saturated heterocycles. The third-order valence-corrected chi connectivity index (χ3v) is 3.56. The lowest BCUT2D eigenvalue weighted by Gasteiger charge is -2.39. The molecule has 0 aliphatic heterocycles. The molecule has 15 heavy (non-hydrogen) atoms. The van der Waals surface area contributed by atoms with E-state index >= 15 is 0 Å². The zero-order valence-corrected chi connectivity index (χ0v) is 7.43. The van der Waals surface area contributed by atoms with E-state index in [4.69, 9.17) is 0 Å². The Bertz CT molecular complexity index is 289. The molecule has 2 saturated carbocycles. The fourth-order valence-corrected chi connectivity index (χ4v) is 2.76. The Balaban J connectivity index is 2.50. The number of hydrogen-bond donors (Lipinski definition) is 2. The van der Waals surface area contributed by atoms with Gasteiger partial charge in [-0.15, -0.1) is 0 Å². The summed E-state index contributed by atoms with van der Waals surface area (Å²) >= 11 is 0. The van der Waals surface area contributed by atoms with E-state index in [1.54, 1.807) is 0 Å². The first-order valence-electron chi connectivity index (χ1n) is 4.49. The maximum atomic E-state index is 13.3. The third kappa shape index (κ3) is 1.00. The van der Waals surface area contributed by atoms with Crippen LogP contribution in [0.5, 0.6) is 0 Å². The Morgan fingerprint density at radius 2 is 1.53 bits per heavy atom. The Labute approximate surface area is 81.7 Å². The van der Waals surface area contributed by atoms with Crippen LogP contribution in [0.15, 0.2) is 0 Å². The number of alkyl halides is 5. The van der Waals surface area contributed by atoms with Crippen LogP contribution in [0.25, 0.3) is 0 Å². The summed E-state index contributed by atoms with van der Waals surface area (Å²) in [4.78, 5) is 0. The van der Waals surface area contributed by atoms with E-state index in [0.717, 1.165) is 0 Å². The largest absolute Gasteiger partial charge is 0.423 e. The Morgan fingerprint density at radius 1 is 1.07 bits per heavy atom. The lowest BCUT2D eigenvalue weighted by Crippen LogP contribution is -2.62. The summed E-state index contributed by atoms with van der Waals surface area (Å²) in [6.45, 7) is 0. The van der Waals surface area contributed by atoms with E-state index in [-0.39, 0.29) is 12.8 Å². The maximum absolute atomic E-state index is 13.3. The van der Waals surface area contributed by atoms with Crippen molar-refractivity contribution in [2.24, 2.45) is 11.8 Å². The van der Waals surface area contributed by atoms with E-state index in [0.29, 0.717) is 0 Å². The average Bonchev–Trinajstić information content (AvgIpc) is 2.48. The van der Waals surface area contributed by atoms with Crippen molar-refractivity contribution in [3.05, 3.63) is 0 Å². The third-order valence-electron chi connectivity index (χ3n) is 3.56. The van der Waals surface area contributed by atoms with Gasteiger partial charge in [0.25, 0.3) is 5.92 Å². The van der Waals surface area contributed by atoms with E-state index in [1.807, 2.05) is 0 Å². The molecule has 2 aliphatic carbocycles. The molecule has 2 bridgehead atoms. The van der Waals surface area contributed by atoms with Crippen molar-refractivity contribution in [2.75, 3.05) is 0 Å². The predicted molar refractivity (Wildman–Crippen MR) is 38.2 cm³/mol. The summed E-state index contributed by atoms with van der Waals surface area (Å²) in [5.74, 6) is -7.89. The van der Waals surface area contributed by atoms with Gasteiger partial charge in [0.1, 0.15) is 0 Å². The molecule has 0 aromatic heterocycles. The van der Waals surface area contributed by atoms with Crippen LogP contribution in [0.3, 0.4) is 0 Å². The summed E-state index contributed by atoms with van der Waals surface area (Å²) in [6.07, 6.45) is -7.60. The first-order valence-corrected chi connectivity index (χ1v) is 4.49. The number of halogens is 5. The highest BCUT2D eigenvalue weighted by Gasteiger charge is 2.83. The second-order valence-corrected chi connectivity index (χ2v) is 4.17. The summed E-state index contributed by atoms with van der Waals surface area (Å²) < 4.78 is 63.9. The maximum Gasteiger partial charge on any atom is 0.423 e. The Morgan fingerprint density at radius 3 is 1.80 bits per heavy atom. The zero-order valence-electron chi connectivity index (χ0n) is 7.43. The second-order valence-electron chi connectivity index (χ2n) is 4.17. The fraction of sp³-hybridized carbons (Fsp3) is 1.00. The minimum atomic E-state index is -5.42. The van der Waals surface area contributed by atoms with E-state index in [2.05, 4.69) is 0 Å². The number of aliphatic hydroxyl groups is 2. The molecule has 0 radical (unpaired) electrons. The van der Waals surface area contributed by atoms with Crippen LogP contribution in [-0.4, -0.2) is 34.0 Å². The van der Waals surface area contributed by atoms with Crippen LogP contribution in [0.1, 0.15) is 12.8 Å². The molecule has 7 heteroatoms. The fourth-order valence-electron chi connectivity index (χ4n) is 2.76. The quantitative estimate of drug-likeness (QED) is 0.618. The summed E-state index contributed by atoms with van der Waals surface area (Å²) in [5.41, 5.74) is -4.07. The van der Waals surface area contributed by atoms with Gasteiger partial charge in [-0.3, -0.25) is 0 Å². The highest BCUT2D eigenvalue weighted by Crippen LogP contribution is 2.64. The summed E-state index contributed by atoms with van der Waals surface area (Å²) in [6, 6.07) is 0. The van der Waals surface area contributed by atoms with Gasteiger partial charge in [-0.25, -0.2) is 8.78 Å². The van der Waals surface area contributed by atoms with Gasteiger partial charge in [0, 0.05) is 5.92 Å². The molecule has 4 unspecified atom stereocenters.